The zero-order valence-electron chi connectivity index (χ0n) is 9.11. The van der Waals surface area contributed by atoms with E-state index in [0.29, 0.717) is 18.6 Å². The molecule has 0 spiro atoms. The third-order valence-electron chi connectivity index (χ3n) is 2.20. The first-order valence-electron chi connectivity index (χ1n) is 5.11. The third kappa shape index (κ3) is 3.66. The van der Waals surface area contributed by atoms with Crippen molar-refractivity contribution in [2.45, 2.75) is 25.6 Å². The monoisotopic (exact) mass is 253 g/mol. The van der Waals surface area contributed by atoms with E-state index in [1.807, 2.05) is 0 Å². The smallest absolute Gasteiger partial charge is 0.302 e. The maximum atomic E-state index is 12.9. The van der Waals surface area contributed by atoms with Gasteiger partial charge in [0.05, 0.1) is 0 Å². The standard InChI is InChI=1S/C11H12F5N/c1-2-5-17-10(11(14,15)16)7-3-4-8(12)9(13)6-7/h3-4,6,10,17H,2,5H2,1H3. The molecule has 1 atom stereocenters. The second kappa shape index (κ2) is 5.44. The molecule has 1 nitrogen and oxygen atoms in total. The lowest BCUT2D eigenvalue weighted by atomic mass is 10.1. The summed E-state index contributed by atoms with van der Waals surface area (Å²) in [4.78, 5) is 0. The largest absolute Gasteiger partial charge is 0.407 e. The minimum absolute atomic E-state index is 0.142. The molecule has 0 saturated carbocycles. The Morgan fingerprint density at radius 1 is 1.18 bits per heavy atom. The SMILES string of the molecule is CCCNC(c1ccc(F)c(F)c1)C(F)(F)F. The Morgan fingerprint density at radius 2 is 1.82 bits per heavy atom. The number of halogens is 5. The normalized spacial score (nSPS) is 13.8. The molecule has 1 N–H and O–H groups in total. The van der Waals surface area contributed by atoms with E-state index >= 15 is 0 Å². The van der Waals surface area contributed by atoms with Gasteiger partial charge in [-0.15, -0.1) is 0 Å². The van der Waals surface area contributed by atoms with E-state index in [1.54, 1.807) is 6.92 Å². The average molecular weight is 253 g/mol. The maximum Gasteiger partial charge on any atom is 0.407 e. The minimum Gasteiger partial charge on any atom is -0.302 e. The Bertz CT molecular complexity index is 375. The fourth-order valence-electron chi connectivity index (χ4n) is 1.40. The predicted molar refractivity (Wildman–Crippen MR) is 53.4 cm³/mol. The van der Waals surface area contributed by atoms with Gasteiger partial charge in [0.1, 0.15) is 6.04 Å². The quantitative estimate of drug-likeness (QED) is 0.809. The van der Waals surface area contributed by atoms with Gasteiger partial charge in [-0.05, 0) is 30.7 Å². The summed E-state index contributed by atoms with van der Waals surface area (Å²) < 4.78 is 63.6. The molecule has 0 heterocycles. The second-order valence-corrected chi connectivity index (χ2v) is 3.60. The van der Waals surface area contributed by atoms with Crippen LogP contribution in [0.4, 0.5) is 22.0 Å². The van der Waals surface area contributed by atoms with Crippen LogP contribution in [0.2, 0.25) is 0 Å². The van der Waals surface area contributed by atoms with Crippen molar-refractivity contribution < 1.29 is 22.0 Å². The molecule has 0 fully saturated rings. The summed E-state index contributed by atoms with van der Waals surface area (Å²) in [6.45, 7) is 1.86. The van der Waals surface area contributed by atoms with E-state index in [1.165, 1.54) is 0 Å². The van der Waals surface area contributed by atoms with Gasteiger partial charge in [0, 0.05) is 0 Å². The Hall–Kier alpha value is -1.17. The molecular weight excluding hydrogens is 241 g/mol. The Morgan fingerprint density at radius 3 is 2.29 bits per heavy atom. The van der Waals surface area contributed by atoms with Crippen LogP contribution in [0.15, 0.2) is 18.2 Å². The summed E-state index contributed by atoms with van der Waals surface area (Å²) in [7, 11) is 0. The lowest BCUT2D eigenvalue weighted by molar-refractivity contribution is -0.157. The Balaban J connectivity index is 3.00. The van der Waals surface area contributed by atoms with Crippen LogP contribution >= 0.6 is 0 Å². The number of hydrogen-bond donors (Lipinski definition) is 1. The molecule has 1 unspecified atom stereocenters. The zero-order chi connectivity index (χ0) is 13.1. The van der Waals surface area contributed by atoms with Gasteiger partial charge in [-0.2, -0.15) is 13.2 Å². The molecule has 0 aliphatic heterocycles. The minimum atomic E-state index is -4.54. The first-order valence-corrected chi connectivity index (χ1v) is 5.11. The fraction of sp³-hybridized carbons (Fsp3) is 0.455. The van der Waals surface area contributed by atoms with Gasteiger partial charge >= 0.3 is 6.18 Å². The lowest BCUT2D eigenvalue weighted by Gasteiger charge is -2.22. The second-order valence-electron chi connectivity index (χ2n) is 3.60. The van der Waals surface area contributed by atoms with Crippen molar-refractivity contribution in [1.29, 1.82) is 0 Å². The van der Waals surface area contributed by atoms with E-state index in [4.69, 9.17) is 0 Å². The number of alkyl halides is 3. The number of rotatable bonds is 4. The summed E-state index contributed by atoms with van der Waals surface area (Å²) in [5, 5.41) is 2.26. The number of benzene rings is 1. The summed E-state index contributed by atoms with van der Waals surface area (Å²) >= 11 is 0. The highest BCUT2D eigenvalue weighted by Crippen LogP contribution is 2.33. The van der Waals surface area contributed by atoms with Crippen molar-refractivity contribution in [2.24, 2.45) is 0 Å². The highest BCUT2D eigenvalue weighted by molar-refractivity contribution is 5.22. The topological polar surface area (TPSA) is 12.0 Å². The van der Waals surface area contributed by atoms with Crippen LogP contribution < -0.4 is 5.32 Å². The molecule has 1 rings (SSSR count). The van der Waals surface area contributed by atoms with Crippen LogP contribution in [-0.4, -0.2) is 12.7 Å². The zero-order valence-corrected chi connectivity index (χ0v) is 9.11. The molecule has 0 saturated heterocycles. The van der Waals surface area contributed by atoms with Gasteiger partial charge in [-0.25, -0.2) is 8.78 Å². The highest BCUT2D eigenvalue weighted by atomic mass is 19.4. The fourth-order valence-corrected chi connectivity index (χ4v) is 1.40. The molecule has 0 aliphatic rings. The van der Waals surface area contributed by atoms with Crippen LogP contribution in [0.1, 0.15) is 24.9 Å². The first-order chi connectivity index (χ1) is 7.86. The summed E-state index contributed by atoms with van der Waals surface area (Å²) in [5.74, 6) is -2.44. The molecule has 0 amide bonds. The molecular formula is C11H12F5N. The van der Waals surface area contributed by atoms with Gasteiger partial charge in [0.25, 0.3) is 0 Å². The van der Waals surface area contributed by atoms with Gasteiger partial charge in [0.2, 0.25) is 0 Å². The molecule has 6 heteroatoms. The van der Waals surface area contributed by atoms with Gasteiger partial charge in [-0.3, -0.25) is 0 Å². The van der Waals surface area contributed by atoms with Crippen molar-refractivity contribution in [3.05, 3.63) is 35.4 Å². The van der Waals surface area contributed by atoms with Crippen molar-refractivity contribution in [3.8, 4) is 0 Å². The van der Waals surface area contributed by atoms with Crippen LogP contribution in [0.25, 0.3) is 0 Å². The maximum absolute atomic E-state index is 12.9. The molecule has 17 heavy (non-hydrogen) atoms. The van der Waals surface area contributed by atoms with E-state index in [2.05, 4.69) is 5.32 Å². The lowest BCUT2D eigenvalue weighted by Crippen LogP contribution is -2.34. The van der Waals surface area contributed by atoms with Crippen LogP contribution in [-0.2, 0) is 0 Å². The first kappa shape index (κ1) is 13.9. The van der Waals surface area contributed by atoms with E-state index in [-0.39, 0.29) is 12.1 Å². The summed E-state index contributed by atoms with van der Waals surface area (Å²) in [5.41, 5.74) is -0.329. The molecule has 0 radical (unpaired) electrons. The molecule has 1 aromatic carbocycles. The average Bonchev–Trinajstić information content (AvgIpc) is 2.22. The van der Waals surface area contributed by atoms with Crippen molar-refractivity contribution in [2.75, 3.05) is 6.54 Å². The third-order valence-corrected chi connectivity index (χ3v) is 2.20. The van der Waals surface area contributed by atoms with E-state index in [0.717, 1.165) is 6.07 Å². The molecule has 0 aliphatic carbocycles. The number of nitrogens with one attached hydrogen (secondary N) is 1. The molecule has 0 aromatic heterocycles. The van der Waals surface area contributed by atoms with Crippen molar-refractivity contribution in [1.82, 2.24) is 5.32 Å². The van der Waals surface area contributed by atoms with Gasteiger partial charge in [0.15, 0.2) is 11.6 Å². The molecule has 96 valence electrons. The van der Waals surface area contributed by atoms with Crippen LogP contribution in [0.3, 0.4) is 0 Å². The van der Waals surface area contributed by atoms with Gasteiger partial charge < -0.3 is 5.32 Å². The highest BCUT2D eigenvalue weighted by Gasteiger charge is 2.40. The molecule has 1 aromatic rings. The Kier molecular flexibility index (Phi) is 4.45. The van der Waals surface area contributed by atoms with Crippen LogP contribution in [0, 0.1) is 11.6 Å². The summed E-state index contributed by atoms with van der Waals surface area (Å²) in [6.07, 6.45) is -4.03. The molecule has 0 bridgehead atoms. The Labute approximate surface area is 95.6 Å². The number of hydrogen-bond acceptors (Lipinski definition) is 1. The van der Waals surface area contributed by atoms with E-state index < -0.39 is 23.9 Å². The van der Waals surface area contributed by atoms with Crippen molar-refractivity contribution >= 4 is 0 Å². The van der Waals surface area contributed by atoms with E-state index in [9.17, 15) is 22.0 Å². The van der Waals surface area contributed by atoms with Crippen molar-refractivity contribution in [3.63, 3.8) is 0 Å². The predicted octanol–water partition coefficient (Wildman–Crippen LogP) is 3.57. The summed E-state index contributed by atoms with van der Waals surface area (Å²) in [6, 6.07) is 0.212. The van der Waals surface area contributed by atoms with Gasteiger partial charge in [-0.1, -0.05) is 13.0 Å². The van der Waals surface area contributed by atoms with Crippen LogP contribution in [0.5, 0.6) is 0 Å².